The fourth-order valence-electron chi connectivity index (χ4n) is 2.33. The van der Waals surface area contributed by atoms with Crippen molar-refractivity contribution in [2.45, 2.75) is 26.8 Å². The molecule has 0 aromatic heterocycles. The molecule has 4 nitrogen and oxygen atoms in total. The number of hydrogen-bond acceptors (Lipinski definition) is 3. The molecule has 1 N–H and O–H groups in total. The van der Waals surface area contributed by atoms with E-state index < -0.39 is 5.97 Å². The maximum Gasteiger partial charge on any atom is 0.303 e. The first-order valence-electron chi connectivity index (χ1n) is 6.36. The van der Waals surface area contributed by atoms with Crippen LogP contribution in [0.25, 0.3) is 0 Å². The molecular formula is C15H23NO3. The minimum atomic E-state index is -0.750. The number of aliphatic carboxylic acids is 1. The molecule has 0 atom stereocenters. The van der Waals surface area contributed by atoms with Gasteiger partial charge >= 0.3 is 5.97 Å². The Morgan fingerprint density at radius 2 is 2.11 bits per heavy atom. The molecule has 1 rings (SSSR count). The second kappa shape index (κ2) is 6.57. The van der Waals surface area contributed by atoms with E-state index in [4.69, 9.17) is 9.84 Å². The number of ether oxygens (including phenoxy) is 1. The van der Waals surface area contributed by atoms with Crippen molar-refractivity contribution in [3.63, 3.8) is 0 Å². The highest BCUT2D eigenvalue weighted by Gasteiger charge is 2.23. The highest BCUT2D eigenvalue weighted by atomic mass is 16.5. The van der Waals surface area contributed by atoms with Crippen LogP contribution in [0.4, 0.5) is 0 Å². The van der Waals surface area contributed by atoms with E-state index in [9.17, 15) is 4.79 Å². The van der Waals surface area contributed by atoms with Crippen LogP contribution in [0.2, 0.25) is 0 Å². The number of benzene rings is 1. The SMILES string of the molecule is COc1cccc(CN(C)CC(C)(C)CC(=O)O)c1. The smallest absolute Gasteiger partial charge is 0.303 e. The van der Waals surface area contributed by atoms with Crippen LogP contribution in [0.3, 0.4) is 0 Å². The zero-order chi connectivity index (χ0) is 14.5. The van der Waals surface area contributed by atoms with Crippen molar-refractivity contribution in [1.29, 1.82) is 0 Å². The Labute approximate surface area is 115 Å². The van der Waals surface area contributed by atoms with Gasteiger partial charge in [0.1, 0.15) is 5.75 Å². The van der Waals surface area contributed by atoms with Crippen molar-refractivity contribution in [2.75, 3.05) is 20.7 Å². The number of nitrogens with zero attached hydrogens (tertiary/aromatic N) is 1. The fraction of sp³-hybridized carbons (Fsp3) is 0.533. The van der Waals surface area contributed by atoms with Crippen molar-refractivity contribution >= 4 is 5.97 Å². The van der Waals surface area contributed by atoms with Gasteiger partial charge in [0.05, 0.1) is 13.5 Å². The van der Waals surface area contributed by atoms with Gasteiger partial charge in [-0.25, -0.2) is 0 Å². The maximum atomic E-state index is 10.8. The summed E-state index contributed by atoms with van der Waals surface area (Å²) in [5.74, 6) is 0.0930. The Hall–Kier alpha value is -1.55. The van der Waals surface area contributed by atoms with Crippen LogP contribution in [-0.4, -0.2) is 36.7 Å². The van der Waals surface area contributed by atoms with Crippen molar-refractivity contribution < 1.29 is 14.6 Å². The quantitative estimate of drug-likeness (QED) is 0.823. The molecule has 0 aliphatic carbocycles. The molecule has 0 amide bonds. The Morgan fingerprint density at radius 1 is 1.42 bits per heavy atom. The molecule has 0 aliphatic heterocycles. The van der Waals surface area contributed by atoms with E-state index in [0.717, 1.165) is 24.4 Å². The first kappa shape index (κ1) is 15.5. The van der Waals surface area contributed by atoms with Gasteiger partial charge in [-0.15, -0.1) is 0 Å². The predicted octanol–water partition coefficient (Wildman–Crippen LogP) is 2.63. The lowest BCUT2D eigenvalue weighted by atomic mass is 9.89. The fourth-order valence-corrected chi connectivity index (χ4v) is 2.33. The van der Waals surface area contributed by atoms with E-state index in [2.05, 4.69) is 4.90 Å². The summed E-state index contributed by atoms with van der Waals surface area (Å²) in [6, 6.07) is 7.92. The number of methoxy groups -OCH3 is 1. The molecule has 1 aromatic carbocycles. The molecule has 0 unspecified atom stereocenters. The van der Waals surface area contributed by atoms with Gasteiger partial charge in [-0.2, -0.15) is 0 Å². The van der Waals surface area contributed by atoms with E-state index in [-0.39, 0.29) is 11.8 Å². The molecule has 0 fully saturated rings. The summed E-state index contributed by atoms with van der Waals surface area (Å²) in [5.41, 5.74) is 0.924. The van der Waals surface area contributed by atoms with Crippen LogP contribution in [0.5, 0.6) is 5.75 Å². The standard InChI is InChI=1S/C15H23NO3/c1-15(2,9-14(17)18)11-16(3)10-12-6-5-7-13(8-12)19-4/h5-8H,9-11H2,1-4H3,(H,17,18). The van der Waals surface area contributed by atoms with Gasteiger partial charge in [-0.3, -0.25) is 4.79 Å². The molecule has 1 aromatic rings. The number of carbonyl (C=O) groups is 1. The van der Waals surface area contributed by atoms with Crippen LogP contribution < -0.4 is 4.74 Å². The Bertz CT molecular complexity index is 429. The zero-order valence-electron chi connectivity index (χ0n) is 12.1. The van der Waals surface area contributed by atoms with Gasteiger partial charge in [-0.05, 0) is 30.2 Å². The van der Waals surface area contributed by atoms with Crippen molar-refractivity contribution in [2.24, 2.45) is 5.41 Å². The second-order valence-electron chi connectivity index (χ2n) is 5.76. The zero-order valence-corrected chi connectivity index (χ0v) is 12.1. The first-order chi connectivity index (χ1) is 8.82. The van der Waals surface area contributed by atoms with Crippen LogP contribution in [0, 0.1) is 5.41 Å². The molecule has 106 valence electrons. The minimum absolute atomic E-state index is 0.176. The van der Waals surface area contributed by atoms with Crippen molar-refractivity contribution in [3.05, 3.63) is 29.8 Å². The van der Waals surface area contributed by atoms with Gasteiger partial charge in [0.15, 0.2) is 0 Å². The lowest BCUT2D eigenvalue weighted by Gasteiger charge is -2.29. The van der Waals surface area contributed by atoms with Gasteiger partial charge in [0.25, 0.3) is 0 Å². The van der Waals surface area contributed by atoms with Gasteiger partial charge < -0.3 is 14.7 Å². The molecule has 0 spiro atoms. The van der Waals surface area contributed by atoms with E-state index in [1.165, 1.54) is 0 Å². The van der Waals surface area contributed by atoms with Crippen LogP contribution in [0.1, 0.15) is 25.8 Å². The minimum Gasteiger partial charge on any atom is -0.497 e. The molecule has 19 heavy (non-hydrogen) atoms. The molecule has 4 heteroatoms. The summed E-state index contributed by atoms with van der Waals surface area (Å²) in [6.45, 7) is 5.46. The van der Waals surface area contributed by atoms with Crippen LogP contribution in [-0.2, 0) is 11.3 Å². The highest BCUT2D eigenvalue weighted by Crippen LogP contribution is 2.22. The van der Waals surface area contributed by atoms with Crippen LogP contribution >= 0.6 is 0 Å². The summed E-state index contributed by atoms with van der Waals surface area (Å²) in [6.07, 6.45) is 0.176. The first-order valence-corrected chi connectivity index (χ1v) is 6.36. The average Bonchev–Trinajstić information content (AvgIpc) is 2.26. The summed E-state index contributed by atoms with van der Waals surface area (Å²) < 4.78 is 5.19. The second-order valence-corrected chi connectivity index (χ2v) is 5.76. The summed E-state index contributed by atoms with van der Waals surface area (Å²) >= 11 is 0. The number of carboxylic acid groups (broad SMARTS) is 1. The highest BCUT2D eigenvalue weighted by molar-refractivity contribution is 5.67. The molecule has 0 radical (unpaired) electrons. The summed E-state index contributed by atoms with van der Waals surface area (Å²) in [5, 5.41) is 8.88. The van der Waals surface area contributed by atoms with Crippen molar-refractivity contribution in [1.82, 2.24) is 4.90 Å². The third kappa shape index (κ3) is 5.75. The number of rotatable bonds is 7. The van der Waals surface area contributed by atoms with Gasteiger partial charge in [0, 0.05) is 13.1 Å². The lowest BCUT2D eigenvalue weighted by molar-refractivity contribution is -0.139. The third-order valence-electron chi connectivity index (χ3n) is 2.91. The average molecular weight is 265 g/mol. The molecule has 0 saturated carbocycles. The maximum absolute atomic E-state index is 10.8. The monoisotopic (exact) mass is 265 g/mol. The van der Waals surface area contributed by atoms with Crippen LogP contribution in [0.15, 0.2) is 24.3 Å². The van der Waals surface area contributed by atoms with E-state index in [1.807, 2.05) is 45.2 Å². The Kier molecular flexibility index (Phi) is 5.36. The largest absolute Gasteiger partial charge is 0.497 e. The number of carboxylic acids is 1. The molecule has 0 heterocycles. The van der Waals surface area contributed by atoms with E-state index >= 15 is 0 Å². The van der Waals surface area contributed by atoms with Gasteiger partial charge in [-0.1, -0.05) is 26.0 Å². The lowest BCUT2D eigenvalue weighted by Crippen LogP contribution is -2.32. The predicted molar refractivity (Wildman–Crippen MR) is 75.4 cm³/mol. The Balaban J connectivity index is 2.59. The number of hydrogen-bond donors (Lipinski definition) is 1. The molecule has 0 aliphatic rings. The molecule has 0 saturated heterocycles. The van der Waals surface area contributed by atoms with E-state index in [1.54, 1.807) is 7.11 Å². The summed E-state index contributed by atoms with van der Waals surface area (Å²) in [4.78, 5) is 12.9. The van der Waals surface area contributed by atoms with Gasteiger partial charge in [0.2, 0.25) is 0 Å². The normalized spacial score (nSPS) is 11.6. The summed E-state index contributed by atoms with van der Waals surface area (Å²) in [7, 11) is 3.65. The molecular weight excluding hydrogens is 242 g/mol. The topological polar surface area (TPSA) is 49.8 Å². The van der Waals surface area contributed by atoms with E-state index in [0.29, 0.717) is 0 Å². The molecule has 0 bridgehead atoms. The third-order valence-corrected chi connectivity index (χ3v) is 2.91. The Morgan fingerprint density at radius 3 is 2.68 bits per heavy atom. The van der Waals surface area contributed by atoms with Crippen molar-refractivity contribution in [3.8, 4) is 5.75 Å².